The summed E-state index contributed by atoms with van der Waals surface area (Å²) in [6.45, 7) is 0.262. The third kappa shape index (κ3) is 3.25. The summed E-state index contributed by atoms with van der Waals surface area (Å²) >= 11 is 0. The molecule has 1 aliphatic rings. The maximum atomic E-state index is 12.9. The van der Waals surface area contributed by atoms with Crippen molar-refractivity contribution in [1.82, 2.24) is 5.32 Å². The number of benzene rings is 1. The van der Waals surface area contributed by atoms with Crippen molar-refractivity contribution in [2.45, 2.75) is 18.9 Å². The van der Waals surface area contributed by atoms with Crippen molar-refractivity contribution in [3.63, 3.8) is 0 Å². The lowest BCUT2D eigenvalue weighted by Gasteiger charge is -2.11. The van der Waals surface area contributed by atoms with E-state index < -0.39 is 22.3 Å². The molecule has 7 heteroatoms. The number of nitro benzene ring substituents is 1. The summed E-state index contributed by atoms with van der Waals surface area (Å²) in [6, 6.07) is 2.72. The van der Waals surface area contributed by atoms with Gasteiger partial charge in [0.2, 0.25) is 0 Å². The molecule has 1 fully saturated rings. The summed E-state index contributed by atoms with van der Waals surface area (Å²) in [5.74, 6) is -0.941. The first kappa shape index (κ1) is 13.4. The van der Waals surface area contributed by atoms with Crippen LogP contribution < -0.4 is 11.1 Å². The maximum absolute atomic E-state index is 12.9. The predicted octanol–water partition coefficient (Wildman–Crippen LogP) is 1.20. The van der Waals surface area contributed by atoms with Crippen LogP contribution in [-0.4, -0.2) is 23.4 Å². The van der Waals surface area contributed by atoms with Crippen molar-refractivity contribution >= 4 is 11.6 Å². The fourth-order valence-corrected chi connectivity index (χ4v) is 1.84. The van der Waals surface area contributed by atoms with Crippen LogP contribution in [0.15, 0.2) is 18.2 Å². The molecule has 1 atom stereocenters. The Bertz CT molecular complexity index is 517. The monoisotopic (exact) mass is 267 g/mol. The van der Waals surface area contributed by atoms with E-state index in [0.717, 1.165) is 31.0 Å². The van der Waals surface area contributed by atoms with Crippen molar-refractivity contribution in [3.8, 4) is 0 Å². The molecule has 1 aromatic rings. The summed E-state index contributed by atoms with van der Waals surface area (Å²) < 4.78 is 12.9. The van der Waals surface area contributed by atoms with Gasteiger partial charge >= 0.3 is 0 Å². The van der Waals surface area contributed by atoms with Crippen LogP contribution in [0.1, 0.15) is 23.2 Å². The molecule has 1 amide bonds. The van der Waals surface area contributed by atoms with E-state index in [-0.39, 0.29) is 18.2 Å². The van der Waals surface area contributed by atoms with Crippen LogP contribution in [0.5, 0.6) is 0 Å². The molecule has 1 aromatic carbocycles. The Morgan fingerprint density at radius 1 is 1.58 bits per heavy atom. The summed E-state index contributed by atoms with van der Waals surface area (Å²) in [5, 5.41) is 13.3. The molecule has 0 saturated heterocycles. The summed E-state index contributed by atoms with van der Waals surface area (Å²) in [7, 11) is 0. The van der Waals surface area contributed by atoms with Gasteiger partial charge < -0.3 is 11.1 Å². The maximum Gasteiger partial charge on any atom is 0.285 e. The normalized spacial score (nSPS) is 15.9. The average molecular weight is 267 g/mol. The first-order chi connectivity index (χ1) is 8.99. The highest BCUT2D eigenvalue weighted by molar-refractivity contribution is 5.98. The molecule has 102 valence electrons. The first-order valence-electron chi connectivity index (χ1n) is 5.96. The van der Waals surface area contributed by atoms with Gasteiger partial charge in [0, 0.05) is 12.6 Å². The standard InChI is InChI=1S/C12H14FN3O3/c13-8-3-4-9(11(5-8)16(18)19)12(17)15-6-10(14)7-1-2-7/h3-5,7,10H,1-2,6,14H2,(H,15,17). The first-order valence-corrected chi connectivity index (χ1v) is 5.96. The van der Waals surface area contributed by atoms with Gasteiger partial charge in [-0.3, -0.25) is 14.9 Å². The van der Waals surface area contributed by atoms with E-state index in [9.17, 15) is 19.3 Å². The molecule has 6 nitrogen and oxygen atoms in total. The number of carbonyl (C=O) groups excluding carboxylic acids is 1. The number of nitrogens with two attached hydrogens (primary N) is 1. The van der Waals surface area contributed by atoms with Gasteiger partial charge in [0.05, 0.1) is 11.0 Å². The van der Waals surface area contributed by atoms with Gasteiger partial charge in [-0.05, 0) is 30.9 Å². The number of nitro groups is 1. The number of amides is 1. The van der Waals surface area contributed by atoms with Crippen molar-refractivity contribution in [2.24, 2.45) is 11.7 Å². The van der Waals surface area contributed by atoms with Crippen molar-refractivity contribution in [2.75, 3.05) is 6.54 Å². The van der Waals surface area contributed by atoms with Crippen LogP contribution in [0.4, 0.5) is 10.1 Å². The van der Waals surface area contributed by atoms with Gasteiger partial charge in [-0.1, -0.05) is 0 Å². The van der Waals surface area contributed by atoms with Crippen molar-refractivity contribution in [1.29, 1.82) is 0 Å². The van der Waals surface area contributed by atoms with E-state index in [0.29, 0.717) is 5.92 Å². The van der Waals surface area contributed by atoms with Gasteiger partial charge in [-0.2, -0.15) is 0 Å². The van der Waals surface area contributed by atoms with Crippen LogP contribution in [-0.2, 0) is 0 Å². The largest absolute Gasteiger partial charge is 0.350 e. The third-order valence-corrected chi connectivity index (χ3v) is 3.13. The van der Waals surface area contributed by atoms with Crippen LogP contribution in [0, 0.1) is 21.8 Å². The van der Waals surface area contributed by atoms with E-state index in [1.807, 2.05) is 0 Å². The minimum atomic E-state index is -0.779. The smallest absolute Gasteiger partial charge is 0.285 e. The van der Waals surface area contributed by atoms with Crippen LogP contribution in [0.25, 0.3) is 0 Å². The second kappa shape index (κ2) is 5.31. The van der Waals surface area contributed by atoms with E-state index in [2.05, 4.69) is 5.32 Å². The number of nitrogens with zero attached hydrogens (tertiary/aromatic N) is 1. The number of hydrogen-bond donors (Lipinski definition) is 2. The molecule has 0 aliphatic heterocycles. The highest BCUT2D eigenvalue weighted by Crippen LogP contribution is 2.31. The highest BCUT2D eigenvalue weighted by atomic mass is 19.1. The molecule has 0 spiro atoms. The molecular weight excluding hydrogens is 253 g/mol. The van der Waals surface area contributed by atoms with Gasteiger partial charge in [0.1, 0.15) is 11.4 Å². The SMILES string of the molecule is NC(CNC(=O)c1ccc(F)cc1[N+](=O)[O-])C1CC1. The molecule has 2 rings (SSSR count). The zero-order valence-corrected chi connectivity index (χ0v) is 10.1. The van der Waals surface area contributed by atoms with Crippen molar-refractivity contribution in [3.05, 3.63) is 39.7 Å². The Morgan fingerprint density at radius 2 is 2.26 bits per heavy atom. The zero-order valence-electron chi connectivity index (χ0n) is 10.1. The van der Waals surface area contributed by atoms with E-state index >= 15 is 0 Å². The number of nitrogens with one attached hydrogen (secondary N) is 1. The predicted molar refractivity (Wildman–Crippen MR) is 66.1 cm³/mol. The zero-order chi connectivity index (χ0) is 14.0. The summed E-state index contributed by atoms with van der Waals surface area (Å²) in [4.78, 5) is 21.8. The molecular formula is C12H14FN3O3. The Labute approximate surface area is 108 Å². The number of halogens is 1. The fraction of sp³-hybridized carbons (Fsp3) is 0.417. The molecule has 19 heavy (non-hydrogen) atoms. The van der Waals surface area contributed by atoms with Gasteiger partial charge in [-0.15, -0.1) is 0 Å². The van der Waals surface area contributed by atoms with Gasteiger partial charge in [0.25, 0.3) is 11.6 Å². The molecule has 0 bridgehead atoms. The Kier molecular flexibility index (Phi) is 3.75. The Balaban J connectivity index is 2.07. The molecule has 3 N–H and O–H groups in total. The third-order valence-electron chi connectivity index (χ3n) is 3.13. The minimum absolute atomic E-state index is 0.136. The molecule has 0 aromatic heterocycles. The lowest BCUT2D eigenvalue weighted by Crippen LogP contribution is -2.38. The summed E-state index contributed by atoms with van der Waals surface area (Å²) in [6.07, 6.45) is 2.10. The molecule has 1 saturated carbocycles. The van der Waals surface area contributed by atoms with Gasteiger partial charge in [0.15, 0.2) is 0 Å². The minimum Gasteiger partial charge on any atom is -0.350 e. The van der Waals surface area contributed by atoms with Crippen LogP contribution in [0.2, 0.25) is 0 Å². The Hall–Kier alpha value is -2.02. The fourth-order valence-electron chi connectivity index (χ4n) is 1.84. The topological polar surface area (TPSA) is 98.3 Å². The lowest BCUT2D eigenvalue weighted by atomic mass is 10.1. The van der Waals surface area contributed by atoms with E-state index in [1.165, 1.54) is 0 Å². The second-order valence-corrected chi connectivity index (χ2v) is 4.63. The number of rotatable bonds is 5. The van der Waals surface area contributed by atoms with Crippen molar-refractivity contribution < 1.29 is 14.1 Å². The lowest BCUT2D eigenvalue weighted by molar-refractivity contribution is -0.385. The number of carbonyl (C=O) groups is 1. The molecule has 0 radical (unpaired) electrons. The summed E-state index contributed by atoms with van der Waals surface area (Å²) in [5.41, 5.74) is 5.12. The number of hydrogen-bond acceptors (Lipinski definition) is 4. The molecule has 1 unspecified atom stereocenters. The van der Waals surface area contributed by atoms with Crippen LogP contribution in [0.3, 0.4) is 0 Å². The quantitative estimate of drug-likeness (QED) is 0.618. The van der Waals surface area contributed by atoms with Crippen LogP contribution >= 0.6 is 0 Å². The molecule has 1 aliphatic carbocycles. The van der Waals surface area contributed by atoms with E-state index in [1.54, 1.807) is 0 Å². The van der Waals surface area contributed by atoms with E-state index in [4.69, 9.17) is 5.73 Å². The highest BCUT2D eigenvalue weighted by Gasteiger charge is 2.29. The average Bonchev–Trinajstić information content (AvgIpc) is 3.19. The Morgan fingerprint density at radius 3 is 2.84 bits per heavy atom. The second-order valence-electron chi connectivity index (χ2n) is 4.63. The van der Waals surface area contributed by atoms with Gasteiger partial charge in [-0.25, -0.2) is 4.39 Å². The molecule has 0 heterocycles.